The Balaban J connectivity index is 1.36. The molecule has 0 spiro atoms. The highest BCUT2D eigenvalue weighted by Gasteiger charge is 2.20. The molecule has 26 heavy (non-hydrogen) atoms. The third-order valence-electron chi connectivity index (χ3n) is 4.47. The van der Waals surface area contributed by atoms with E-state index in [1.807, 2.05) is 16.9 Å². The first-order valence-corrected chi connectivity index (χ1v) is 9.38. The van der Waals surface area contributed by atoms with Gasteiger partial charge in [-0.15, -0.1) is 11.3 Å². The van der Waals surface area contributed by atoms with E-state index in [1.165, 1.54) is 16.9 Å². The largest absolute Gasteiger partial charge is 0.364 e. The van der Waals surface area contributed by atoms with Gasteiger partial charge in [0.2, 0.25) is 0 Å². The van der Waals surface area contributed by atoms with Crippen LogP contribution in [-0.4, -0.2) is 51.8 Å². The molecule has 2 N–H and O–H groups in total. The first-order chi connectivity index (χ1) is 12.7. The third kappa shape index (κ3) is 3.61. The van der Waals surface area contributed by atoms with E-state index in [1.54, 1.807) is 11.6 Å². The Bertz CT molecular complexity index is 883. The summed E-state index contributed by atoms with van der Waals surface area (Å²) in [5.41, 5.74) is 7.99. The minimum atomic E-state index is -0.469. The zero-order valence-corrected chi connectivity index (χ0v) is 15.1. The molecule has 8 heteroatoms. The van der Waals surface area contributed by atoms with Gasteiger partial charge in [-0.1, -0.05) is 12.1 Å². The number of aromatic nitrogens is 3. The van der Waals surface area contributed by atoms with E-state index in [0.717, 1.165) is 43.5 Å². The van der Waals surface area contributed by atoms with E-state index in [9.17, 15) is 4.79 Å². The molecule has 4 rings (SSSR count). The maximum atomic E-state index is 11.2. The SMILES string of the molecule is NC(=O)c1csc(N2CCN(Cc3cccc(-n4cccn4)c3)CC2)n1. The van der Waals surface area contributed by atoms with Crippen LogP contribution in [0.1, 0.15) is 16.1 Å². The molecular weight excluding hydrogens is 348 g/mol. The van der Waals surface area contributed by atoms with Gasteiger partial charge >= 0.3 is 0 Å². The molecule has 0 unspecified atom stereocenters. The maximum absolute atomic E-state index is 11.2. The van der Waals surface area contributed by atoms with Crippen LogP contribution in [0.4, 0.5) is 5.13 Å². The fraction of sp³-hybridized carbons (Fsp3) is 0.278. The number of carbonyl (C=O) groups excluding carboxylic acids is 1. The standard InChI is InChI=1S/C18H20N6OS/c19-17(25)16-13-26-18(21-16)23-9-7-22(8-10-23)12-14-3-1-4-15(11-14)24-6-2-5-20-24/h1-6,11,13H,7-10,12H2,(H2,19,25). The van der Waals surface area contributed by atoms with Crippen molar-refractivity contribution in [2.24, 2.45) is 5.73 Å². The summed E-state index contributed by atoms with van der Waals surface area (Å²) >= 11 is 1.48. The number of anilines is 1. The highest BCUT2D eigenvalue weighted by molar-refractivity contribution is 7.13. The predicted molar refractivity (Wildman–Crippen MR) is 102 cm³/mol. The molecule has 1 amide bonds. The van der Waals surface area contributed by atoms with Crippen molar-refractivity contribution in [2.75, 3.05) is 31.1 Å². The number of hydrogen-bond acceptors (Lipinski definition) is 6. The van der Waals surface area contributed by atoms with Crippen molar-refractivity contribution in [3.05, 3.63) is 59.4 Å². The van der Waals surface area contributed by atoms with Crippen molar-refractivity contribution in [2.45, 2.75) is 6.54 Å². The molecule has 1 fully saturated rings. The van der Waals surface area contributed by atoms with Gasteiger partial charge in [-0.05, 0) is 23.8 Å². The Morgan fingerprint density at radius 2 is 2.04 bits per heavy atom. The van der Waals surface area contributed by atoms with Gasteiger partial charge in [0.1, 0.15) is 5.69 Å². The predicted octanol–water partition coefficient (Wildman–Crippen LogP) is 1.75. The monoisotopic (exact) mass is 368 g/mol. The summed E-state index contributed by atoms with van der Waals surface area (Å²) in [6.45, 7) is 4.61. The van der Waals surface area contributed by atoms with Crippen LogP contribution in [-0.2, 0) is 6.54 Å². The molecule has 134 valence electrons. The van der Waals surface area contributed by atoms with Crippen LogP contribution in [0.3, 0.4) is 0 Å². The van der Waals surface area contributed by atoms with Gasteiger partial charge in [-0.25, -0.2) is 9.67 Å². The molecule has 2 aromatic heterocycles. The molecule has 0 saturated carbocycles. The Labute approximate surface area is 155 Å². The lowest BCUT2D eigenvalue weighted by atomic mass is 10.1. The Morgan fingerprint density at radius 3 is 2.73 bits per heavy atom. The van der Waals surface area contributed by atoms with Crippen molar-refractivity contribution in [3.63, 3.8) is 0 Å². The third-order valence-corrected chi connectivity index (χ3v) is 5.37. The van der Waals surface area contributed by atoms with Crippen LogP contribution in [0.2, 0.25) is 0 Å². The minimum Gasteiger partial charge on any atom is -0.364 e. The highest BCUT2D eigenvalue weighted by atomic mass is 32.1. The van der Waals surface area contributed by atoms with Gasteiger partial charge in [0.25, 0.3) is 5.91 Å². The van der Waals surface area contributed by atoms with Crippen LogP contribution in [0.25, 0.3) is 5.69 Å². The van der Waals surface area contributed by atoms with E-state index in [0.29, 0.717) is 5.69 Å². The molecule has 0 radical (unpaired) electrons. The fourth-order valence-electron chi connectivity index (χ4n) is 3.10. The van der Waals surface area contributed by atoms with Crippen molar-refractivity contribution in [1.82, 2.24) is 19.7 Å². The summed E-state index contributed by atoms with van der Waals surface area (Å²) in [5.74, 6) is -0.469. The number of rotatable bonds is 5. The number of carbonyl (C=O) groups is 1. The molecule has 1 aliphatic heterocycles. The van der Waals surface area contributed by atoms with Crippen molar-refractivity contribution < 1.29 is 4.79 Å². The van der Waals surface area contributed by atoms with Gasteiger partial charge in [0.05, 0.1) is 5.69 Å². The van der Waals surface area contributed by atoms with Crippen molar-refractivity contribution in [3.8, 4) is 5.69 Å². The second-order valence-electron chi connectivity index (χ2n) is 6.26. The smallest absolute Gasteiger partial charge is 0.268 e. The molecule has 0 atom stereocenters. The highest BCUT2D eigenvalue weighted by Crippen LogP contribution is 2.22. The molecular formula is C18H20N6OS. The zero-order chi connectivity index (χ0) is 17.9. The molecule has 3 heterocycles. The number of piperazine rings is 1. The lowest BCUT2D eigenvalue weighted by Crippen LogP contribution is -2.46. The van der Waals surface area contributed by atoms with Gasteiger partial charge in [-0.3, -0.25) is 9.69 Å². The van der Waals surface area contributed by atoms with Gasteiger partial charge in [-0.2, -0.15) is 5.10 Å². The molecule has 0 bridgehead atoms. The van der Waals surface area contributed by atoms with Crippen LogP contribution in [0.5, 0.6) is 0 Å². The number of primary amides is 1. The van der Waals surface area contributed by atoms with Crippen LogP contribution >= 0.6 is 11.3 Å². The maximum Gasteiger partial charge on any atom is 0.268 e. The number of nitrogens with zero attached hydrogens (tertiary/aromatic N) is 5. The van der Waals surface area contributed by atoms with E-state index in [-0.39, 0.29) is 0 Å². The van der Waals surface area contributed by atoms with Gasteiger partial charge in [0, 0.05) is 50.5 Å². The molecule has 0 aliphatic carbocycles. The normalized spacial score (nSPS) is 15.3. The molecule has 1 aliphatic rings. The summed E-state index contributed by atoms with van der Waals surface area (Å²) in [7, 11) is 0. The number of thiazole rings is 1. The average Bonchev–Trinajstić information content (AvgIpc) is 3.35. The molecule has 1 aromatic carbocycles. The topological polar surface area (TPSA) is 80.3 Å². The summed E-state index contributed by atoms with van der Waals surface area (Å²) in [5, 5.41) is 6.89. The second-order valence-corrected chi connectivity index (χ2v) is 7.10. The summed E-state index contributed by atoms with van der Waals surface area (Å²) < 4.78 is 1.88. The Kier molecular flexibility index (Phi) is 4.68. The summed E-state index contributed by atoms with van der Waals surface area (Å²) in [6.07, 6.45) is 3.74. The van der Waals surface area contributed by atoms with E-state index in [2.05, 4.69) is 44.1 Å². The van der Waals surface area contributed by atoms with Crippen molar-refractivity contribution in [1.29, 1.82) is 0 Å². The van der Waals surface area contributed by atoms with E-state index >= 15 is 0 Å². The zero-order valence-electron chi connectivity index (χ0n) is 14.3. The minimum absolute atomic E-state index is 0.350. The van der Waals surface area contributed by atoms with E-state index < -0.39 is 5.91 Å². The number of nitrogens with two attached hydrogens (primary N) is 1. The Hall–Kier alpha value is -2.71. The quantitative estimate of drug-likeness (QED) is 0.742. The second kappa shape index (κ2) is 7.27. The summed E-state index contributed by atoms with van der Waals surface area (Å²) in [6, 6.07) is 10.4. The molecule has 7 nitrogen and oxygen atoms in total. The Morgan fingerprint density at radius 1 is 1.19 bits per heavy atom. The summed E-state index contributed by atoms with van der Waals surface area (Å²) in [4.78, 5) is 20.2. The average molecular weight is 368 g/mol. The first kappa shape index (κ1) is 16.7. The number of amides is 1. The van der Waals surface area contributed by atoms with E-state index in [4.69, 9.17) is 5.73 Å². The molecule has 3 aromatic rings. The van der Waals surface area contributed by atoms with Crippen LogP contribution < -0.4 is 10.6 Å². The van der Waals surface area contributed by atoms with Crippen LogP contribution in [0.15, 0.2) is 48.1 Å². The first-order valence-electron chi connectivity index (χ1n) is 8.50. The number of hydrogen-bond donors (Lipinski definition) is 1. The van der Waals surface area contributed by atoms with Gasteiger partial charge < -0.3 is 10.6 Å². The van der Waals surface area contributed by atoms with Crippen LogP contribution in [0, 0.1) is 0 Å². The molecule has 1 saturated heterocycles. The fourth-order valence-corrected chi connectivity index (χ4v) is 3.97. The lowest BCUT2D eigenvalue weighted by Gasteiger charge is -2.34. The number of benzene rings is 1. The van der Waals surface area contributed by atoms with Gasteiger partial charge in [0.15, 0.2) is 5.13 Å². The lowest BCUT2D eigenvalue weighted by molar-refractivity contribution is 0.0996. The van der Waals surface area contributed by atoms with Crippen molar-refractivity contribution >= 4 is 22.4 Å².